The van der Waals surface area contributed by atoms with Crippen molar-refractivity contribution in [2.75, 3.05) is 7.05 Å². The third-order valence-electron chi connectivity index (χ3n) is 4.30. The largest absolute Gasteiger partial charge is 0.368 e. The average Bonchev–Trinajstić information content (AvgIpc) is 2.89. The molecule has 6 heteroatoms. The molecule has 1 aliphatic rings. The minimum absolute atomic E-state index is 0.250. The molecule has 4 N–H and O–H groups in total. The van der Waals surface area contributed by atoms with E-state index in [1.807, 2.05) is 31.3 Å². The molecular formula is C15H20N4OS. The van der Waals surface area contributed by atoms with Crippen LogP contribution in [-0.4, -0.2) is 33.7 Å². The summed E-state index contributed by atoms with van der Waals surface area (Å²) < 4.78 is 0. The first-order valence-electron chi connectivity index (χ1n) is 7.23. The number of imidazole rings is 1. The summed E-state index contributed by atoms with van der Waals surface area (Å²) in [5.74, 6) is -0.250. The molecule has 0 aliphatic heterocycles. The van der Waals surface area contributed by atoms with Crippen LogP contribution in [0.2, 0.25) is 0 Å². The third-order valence-corrected chi connectivity index (χ3v) is 5.45. The highest BCUT2D eigenvalue weighted by Crippen LogP contribution is 2.37. The Balaban J connectivity index is 1.76. The van der Waals surface area contributed by atoms with Gasteiger partial charge >= 0.3 is 0 Å². The molecule has 0 saturated heterocycles. The number of amides is 1. The Morgan fingerprint density at radius 1 is 1.52 bits per heavy atom. The van der Waals surface area contributed by atoms with Gasteiger partial charge in [0.05, 0.1) is 16.6 Å². The Hall–Kier alpha value is -1.53. The molecule has 1 aromatic carbocycles. The molecule has 1 heterocycles. The molecule has 1 aromatic heterocycles. The van der Waals surface area contributed by atoms with E-state index < -0.39 is 5.54 Å². The number of hydrogen-bond acceptors (Lipinski definition) is 4. The van der Waals surface area contributed by atoms with Crippen LogP contribution in [0.5, 0.6) is 0 Å². The molecule has 1 saturated carbocycles. The van der Waals surface area contributed by atoms with Crippen LogP contribution < -0.4 is 11.1 Å². The molecule has 21 heavy (non-hydrogen) atoms. The SMILES string of the molecule is CNC1(C(N)=O)CCCC(Sc2nc3ccccc3[nH]2)C1. The Kier molecular flexibility index (Phi) is 3.91. The van der Waals surface area contributed by atoms with Gasteiger partial charge in [-0.1, -0.05) is 23.9 Å². The van der Waals surface area contributed by atoms with Gasteiger partial charge in [0, 0.05) is 5.25 Å². The van der Waals surface area contributed by atoms with Crippen LogP contribution in [0.3, 0.4) is 0 Å². The zero-order valence-electron chi connectivity index (χ0n) is 12.1. The second-order valence-electron chi connectivity index (χ2n) is 5.59. The zero-order valence-corrected chi connectivity index (χ0v) is 12.9. The standard InChI is InChI=1S/C15H20N4OS/c1-17-15(13(16)20)8-4-5-10(9-15)21-14-18-11-6-2-3-7-12(11)19-14/h2-3,6-7,10,17H,4-5,8-9H2,1H3,(H2,16,20)(H,18,19). The molecule has 0 bridgehead atoms. The summed E-state index contributed by atoms with van der Waals surface area (Å²) in [7, 11) is 1.82. The van der Waals surface area contributed by atoms with Crippen LogP contribution in [0.4, 0.5) is 0 Å². The van der Waals surface area contributed by atoms with Crippen molar-refractivity contribution in [1.82, 2.24) is 15.3 Å². The van der Waals surface area contributed by atoms with Crippen molar-refractivity contribution in [3.63, 3.8) is 0 Å². The fourth-order valence-corrected chi connectivity index (χ4v) is 4.33. The third kappa shape index (κ3) is 2.78. The van der Waals surface area contributed by atoms with E-state index in [2.05, 4.69) is 15.3 Å². The van der Waals surface area contributed by atoms with Crippen molar-refractivity contribution in [1.29, 1.82) is 0 Å². The molecule has 1 fully saturated rings. The van der Waals surface area contributed by atoms with Gasteiger partial charge in [0.2, 0.25) is 5.91 Å². The smallest absolute Gasteiger partial charge is 0.237 e. The van der Waals surface area contributed by atoms with E-state index in [4.69, 9.17) is 5.73 Å². The molecule has 2 unspecified atom stereocenters. The molecule has 0 spiro atoms. The van der Waals surface area contributed by atoms with E-state index in [1.54, 1.807) is 11.8 Å². The maximum atomic E-state index is 11.8. The average molecular weight is 304 g/mol. The number of carbonyl (C=O) groups is 1. The van der Waals surface area contributed by atoms with E-state index in [0.717, 1.165) is 41.9 Å². The van der Waals surface area contributed by atoms with Crippen LogP contribution in [-0.2, 0) is 4.79 Å². The second kappa shape index (κ2) is 5.69. The number of fused-ring (bicyclic) bond motifs is 1. The number of H-pyrrole nitrogens is 1. The highest BCUT2D eigenvalue weighted by Gasteiger charge is 2.40. The van der Waals surface area contributed by atoms with Gasteiger partial charge in [0.25, 0.3) is 0 Å². The van der Waals surface area contributed by atoms with Crippen molar-refractivity contribution < 1.29 is 4.79 Å². The summed E-state index contributed by atoms with van der Waals surface area (Å²) in [5.41, 5.74) is 7.05. The summed E-state index contributed by atoms with van der Waals surface area (Å²) in [6, 6.07) is 8.00. The summed E-state index contributed by atoms with van der Waals surface area (Å²) in [6.45, 7) is 0. The van der Waals surface area contributed by atoms with Crippen LogP contribution >= 0.6 is 11.8 Å². The van der Waals surface area contributed by atoms with Crippen LogP contribution in [0.1, 0.15) is 25.7 Å². The number of nitrogens with one attached hydrogen (secondary N) is 2. The maximum absolute atomic E-state index is 11.8. The number of rotatable bonds is 4. The number of likely N-dealkylation sites (N-methyl/N-ethyl adjacent to an activating group) is 1. The molecule has 112 valence electrons. The predicted molar refractivity (Wildman–Crippen MR) is 85.2 cm³/mol. The highest BCUT2D eigenvalue weighted by atomic mass is 32.2. The Bertz CT molecular complexity index is 623. The zero-order chi connectivity index (χ0) is 14.9. The normalized spacial score (nSPS) is 26.0. The van der Waals surface area contributed by atoms with E-state index in [0.29, 0.717) is 5.25 Å². The first kappa shape index (κ1) is 14.4. The first-order chi connectivity index (χ1) is 10.1. The summed E-state index contributed by atoms with van der Waals surface area (Å²) in [5, 5.41) is 4.40. The minimum atomic E-state index is -0.568. The van der Waals surface area contributed by atoms with E-state index in [9.17, 15) is 4.79 Å². The molecule has 1 aliphatic carbocycles. The van der Waals surface area contributed by atoms with Gasteiger partial charge in [-0.15, -0.1) is 0 Å². The molecule has 2 atom stereocenters. The van der Waals surface area contributed by atoms with E-state index >= 15 is 0 Å². The number of carbonyl (C=O) groups excluding carboxylic acids is 1. The van der Waals surface area contributed by atoms with Crippen molar-refractivity contribution in [2.24, 2.45) is 5.73 Å². The van der Waals surface area contributed by atoms with Crippen LogP contribution in [0.25, 0.3) is 11.0 Å². The molecule has 5 nitrogen and oxygen atoms in total. The van der Waals surface area contributed by atoms with Crippen molar-refractivity contribution in [3.8, 4) is 0 Å². The Morgan fingerprint density at radius 3 is 3.05 bits per heavy atom. The lowest BCUT2D eigenvalue weighted by atomic mass is 9.81. The number of thioether (sulfide) groups is 1. The molecule has 3 rings (SSSR count). The van der Waals surface area contributed by atoms with Gasteiger partial charge in [-0.25, -0.2) is 4.98 Å². The van der Waals surface area contributed by atoms with Gasteiger partial charge in [0.15, 0.2) is 5.16 Å². The number of nitrogens with zero attached hydrogens (tertiary/aromatic N) is 1. The van der Waals surface area contributed by atoms with E-state index in [1.165, 1.54) is 0 Å². The molecule has 1 amide bonds. The van der Waals surface area contributed by atoms with Crippen LogP contribution in [0.15, 0.2) is 29.4 Å². The van der Waals surface area contributed by atoms with Gasteiger partial charge < -0.3 is 16.0 Å². The number of hydrogen-bond donors (Lipinski definition) is 3. The number of primary amides is 1. The molecule has 0 radical (unpaired) electrons. The number of para-hydroxylation sites is 2. The van der Waals surface area contributed by atoms with Gasteiger partial charge in [-0.2, -0.15) is 0 Å². The first-order valence-corrected chi connectivity index (χ1v) is 8.11. The number of aromatic amines is 1. The summed E-state index contributed by atoms with van der Waals surface area (Å²) in [6.07, 6.45) is 3.65. The lowest BCUT2D eigenvalue weighted by Gasteiger charge is -2.37. The quantitative estimate of drug-likeness (QED) is 0.807. The van der Waals surface area contributed by atoms with Crippen molar-refractivity contribution >= 4 is 28.7 Å². The topological polar surface area (TPSA) is 83.8 Å². The fraction of sp³-hybridized carbons (Fsp3) is 0.467. The number of nitrogens with two attached hydrogens (primary N) is 1. The predicted octanol–water partition coefficient (Wildman–Crippen LogP) is 2.04. The van der Waals surface area contributed by atoms with Gasteiger partial charge in [-0.05, 0) is 44.9 Å². The lowest BCUT2D eigenvalue weighted by molar-refractivity contribution is -0.125. The van der Waals surface area contributed by atoms with E-state index in [-0.39, 0.29) is 5.91 Å². The molecule has 2 aromatic rings. The van der Waals surface area contributed by atoms with Gasteiger partial charge in [-0.3, -0.25) is 4.79 Å². The van der Waals surface area contributed by atoms with Crippen molar-refractivity contribution in [2.45, 2.75) is 41.6 Å². The summed E-state index contributed by atoms with van der Waals surface area (Å²) in [4.78, 5) is 19.7. The summed E-state index contributed by atoms with van der Waals surface area (Å²) >= 11 is 1.71. The molecular weight excluding hydrogens is 284 g/mol. The fourth-order valence-electron chi connectivity index (χ4n) is 3.04. The maximum Gasteiger partial charge on any atom is 0.237 e. The highest BCUT2D eigenvalue weighted by molar-refractivity contribution is 7.99. The van der Waals surface area contributed by atoms with Gasteiger partial charge in [0.1, 0.15) is 0 Å². The lowest BCUT2D eigenvalue weighted by Crippen LogP contribution is -2.57. The Labute approximate surface area is 128 Å². The van der Waals surface area contributed by atoms with Crippen molar-refractivity contribution in [3.05, 3.63) is 24.3 Å². The van der Waals surface area contributed by atoms with Crippen LogP contribution in [0, 0.1) is 0 Å². The monoisotopic (exact) mass is 304 g/mol. The number of aromatic nitrogens is 2. The minimum Gasteiger partial charge on any atom is -0.368 e. The second-order valence-corrected chi connectivity index (χ2v) is 6.88. The number of benzene rings is 1. The Morgan fingerprint density at radius 2 is 2.33 bits per heavy atom.